The van der Waals surface area contributed by atoms with Gasteiger partial charge in [-0.15, -0.1) is 6.58 Å². The third-order valence-corrected chi connectivity index (χ3v) is 0.596. The Kier molecular flexibility index (Phi) is 4.95. The summed E-state index contributed by atoms with van der Waals surface area (Å²) in [7, 11) is 0. The molecule has 0 bridgehead atoms. The van der Waals surface area contributed by atoms with E-state index in [-0.39, 0.29) is 0 Å². The van der Waals surface area contributed by atoms with Gasteiger partial charge in [0.15, 0.2) is 0 Å². The van der Waals surface area contributed by atoms with Crippen LogP contribution in [0.1, 0.15) is 12.8 Å². The van der Waals surface area contributed by atoms with Crippen LogP contribution in [0.15, 0.2) is 12.7 Å². The number of aldehydes is 1. The molecule has 0 fully saturated rings. The number of rotatable bonds is 4. The van der Waals surface area contributed by atoms with Gasteiger partial charge < -0.3 is 4.79 Å². The number of carbonyl (C=O) groups excluding carboxylic acids is 1. The van der Waals surface area contributed by atoms with Crippen molar-refractivity contribution >= 4 is 6.29 Å². The van der Waals surface area contributed by atoms with Crippen LogP contribution < -0.4 is 0 Å². The highest BCUT2D eigenvalue weighted by Gasteiger charge is 1.77. The first-order valence-corrected chi connectivity index (χ1v) is 2.28. The molecule has 1 heteroatoms. The van der Waals surface area contributed by atoms with Crippen LogP contribution in [0.5, 0.6) is 0 Å². The normalized spacial score (nSPS) is 8.00. The monoisotopic (exact) mass is 97.1 g/mol. The number of allylic oxidation sites excluding steroid dienone is 1. The summed E-state index contributed by atoms with van der Waals surface area (Å²) in [6, 6.07) is 0. The summed E-state index contributed by atoms with van der Waals surface area (Å²) in [6.07, 6.45) is 5.90. The highest BCUT2D eigenvalue weighted by Crippen LogP contribution is 1.88. The maximum Gasteiger partial charge on any atom is 0.120 e. The summed E-state index contributed by atoms with van der Waals surface area (Å²) < 4.78 is 0. The van der Waals surface area contributed by atoms with Crippen molar-refractivity contribution in [3.8, 4) is 0 Å². The fourth-order valence-electron chi connectivity index (χ4n) is 0.282. The fraction of sp³-hybridized carbons (Fsp3) is 0.333. The lowest BCUT2D eigenvalue weighted by molar-refractivity contribution is -0.107. The van der Waals surface area contributed by atoms with Crippen molar-refractivity contribution in [1.82, 2.24) is 0 Å². The van der Waals surface area contributed by atoms with Crippen molar-refractivity contribution in [2.45, 2.75) is 12.8 Å². The van der Waals surface area contributed by atoms with Gasteiger partial charge in [-0.3, -0.25) is 0 Å². The summed E-state index contributed by atoms with van der Waals surface area (Å²) in [5.74, 6) is 0. The van der Waals surface area contributed by atoms with E-state index in [2.05, 4.69) is 6.58 Å². The molecule has 1 radical (unpaired) electrons. The maximum absolute atomic E-state index is 9.61. The minimum Gasteiger partial charge on any atom is -0.303 e. The van der Waals surface area contributed by atoms with Crippen LogP contribution in [0.4, 0.5) is 0 Å². The molecule has 0 rings (SSSR count). The van der Waals surface area contributed by atoms with E-state index in [9.17, 15) is 4.79 Å². The zero-order chi connectivity index (χ0) is 5.54. The van der Waals surface area contributed by atoms with E-state index < -0.39 is 0 Å². The number of hydrogen-bond donors (Lipinski definition) is 0. The van der Waals surface area contributed by atoms with Crippen molar-refractivity contribution in [3.63, 3.8) is 0 Å². The Morgan fingerprint density at radius 3 is 2.57 bits per heavy atom. The zero-order valence-corrected chi connectivity index (χ0v) is 4.26. The molecular weight excluding hydrogens is 88.1 g/mol. The first kappa shape index (κ1) is 6.41. The molecule has 39 valence electrons. The Bertz CT molecular complexity index is 49.2. The molecule has 0 aliphatic carbocycles. The Morgan fingerprint density at radius 1 is 1.43 bits per heavy atom. The molecular formula is C6H9O. The number of carbonyl (C=O) groups is 1. The van der Waals surface area contributed by atoms with Crippen LogP contribution in [0.3, 0.4) is 0 Å². The highest BCUT2D eigenvalue weighted by molar-refractivity contribution is 5.51. The molecule has 0 spiro atoms. The first-order valence-electron chi connectivity index (χ1n) is 2.28. The average Bonchev–Trinajstić information content (AvgIpc) is 1.69. The summed E-state index contributed by atoms with van der Waals surface area (Å²) in [5.41, 5.74) is 0. The van der Waals surface area contributed by atoms with Crippen LogP contribution in [0.25, 0.3) is 0 Å². The van der Waals surface area contributed by atoms with E-state index in [0.29, 0.717) is 6.42 Å². The largest absolute Gasteiger partial charge is 0.303 e. The highest BCUT2D eigenvalue weighted by atomic mass is 16.1. The van der Waals surface area contributed by atoms with E-state index in [1.54, 1.807) is 6.08 Å². The Labute approximate surface area is 44.0 Å². The van der Waals surface area contributed by atoms with Crippen LogP contribution in [-0.4, -0.2) is 6.29 Å². The topological polar surface area (TPSA) is 17.1 Å². The minimum atomic E-state index is 0.548. The standard InChI is InChI=1S/C6H9O/c1-2-3-4-5-6-7/h2,4,6H,1,3,5H2. The van der Waals surface area contributed by atoms with E-state index in [1.807, 2.05) is 6.42 Å². The van der Waals surface area contributed by atoms with Gasteiger partial charge in [0, 0.05) is 6.42 Å². The number of unbranched alkanes of at least 4 members (excludes halogenated alkanes) is 2. The Morgan fingerprint density at radius 2 is 2.14 bits per heavy atom. The second-order valence-corrected chi connectivity index (χ2v) is 1.22. The summed E-state index contributed by atoms with van der Waals surface area (Å²) >= 11 is 0. The third kappa shape index (κ3) is 5.41. The molecule has 1 nitrogen and oxygen atoms in total. The van der Waals surface area contributed by atoms with Gasteiger partial charge in [0.2, 0.25) is 0 Å². The fourth-order valence-corrected chi connectivity index (χ4v) is 0.282. The summed E-state index contributed by atoms with van der Waals surface area (Å²) in [4.78, 5) is 9.61. The predicted molar refractivity (Wildman–Crippen MR) is 29.8 cm³/mol. The average molecular weight is 97.1 g/mol. The van der Waals surface area contributed by atoms with Crippen molar-refractivity contribution in [2.24, 2.45) is 0 Å². The molecule has 0 unspecified atom stereocenters. The Balaban J connectivity index is 2.68. The molecule has 0 atom stereocenters. The van der Waals surface area contributed by atoms with Gasteiger partial charge in [-0.2, -0.15) is 0 Å². The quantitative estimate of drug-likeness (QED) is 0.294. The summed E-state index contributed by atoms with van der Waals surface area (Å²) in [5, 5.41) is 0. The van der Waals surface area contributed by atoms with Crippen LogP contribution in [-0.2, 0) is 4.79 Å². The molecule has 0 aliphatic rings. The first-order chi connectivity index (χ1) is 3.41. The van der Waals surface area contributed by atoms with Crippen LogP contribution in [0, 0.1) is 6.42 Å². The smallest absolute Gasteiger partial charge is 0.120 e. The molecule has 0 saturated heterocycles. The van der Waals surface area contributed by atoms with Crippen molar-refractivity contribution in [3.05, 3.63) is 19.1 Å². The Hall–Kier alpha value is -0.590. The molecule has 0 N–H and O–H groups in total. The SMILES string of the molecule is C=CC[CH]CC=O. The molecule has 0 saturated carbocycles. The number of hydrogen-bond acceptors (Lipinski definition) is 1. The molecule has 0 aromatic carbocycles. The van der Waals surface area contributed by atoms with Gasteiger partial charge >= 0.3 is 0 Å². The van der Waals surface area contributed by atoms with E-state index in [0.717, 1.165) is 12.7 Å². The second kappa shape index (κ2) is 5.41. The van der Waals surface area contributed by atoms with Crippen molar-refractivity contribution in [1.29, 1.82) is 0 Å². The van der Waals surface area contributed by atoms with E-state index in [4.69, 9.17) is 0 Å². The maximum atomic E-state index is 9.61. The molecule has 0 aliphatic heterocycles. The van der Waals surface area contributed by atoms with Gasteiger partial charge in [-0.25, -0.2) is 0 Å². The molecule has 0 amide bonds. The van der Waals surface area contributed by atoms with Crippen molar-refractivity contribution in [2.75, 3.05) is 0 Å². The van der Waals surface area contributed by atoms with Gasteiger partial charge in [-0.05, 0) is 12.8 Å². The van der Waals surface area contributed by atoms with Gasteiger partial charge in [0.05, 0.1) is 0 Å². The van der Waals surface area contributed by atoms with Gasteiger partial charge in [-0.1, -0.05) is 6.08 Å². The lowest BCUT2D eigenvalue weighted by Crippen LogP contribution is -1.73. The van der Waals surface area contributed by atoms with E-state index in [1.165, 1.54) is 0 Å². The third-order valence-electron chi connectivity index (χ3n) is 0.596. The molecule has 0 aromatic rings. The molecule has 0 heterocycles. The second-order valence-electron chi connectivity index (χ2n) is 1.22. The lowest BCUT2D eigenvalue weighted by atomic mass is 10.2. The van der Waals surface area contributed by atoms with Crippen molar-refractivity contribution < 1.29 is 4.79 Å². The van der Waals surface area contributed by atoms with Crippen LogP contribution >= 0.6 is 0 Å². The predicted octanol–water partition coefficient (Wildman–Crippen LogP) is 1.36. The van der Waals surface area contributed by atoms with E-state index >= 15 is 0 Å². The van der Waals surface area contributed by atoms with Gasteiger partial charge in [0.25, 0.3) is 0 Å². The lowest BCUT2D eigenvalue weighted by Gasteiger charge is -1.81. The van der Waals surface area contributed by atoms with Crippen LogP contribution in [0.2, 0.25) is 0 Å². The molecule has 7 heavy (non-hydrogen) atoms. The zero-order valence-electron chi connectivity index (χ0n) is 4.26. The molecule has 0 aromatic heterocycles. The minimum absolute atomic E-state index is 0.548. The summed E-state index contributed by atoms with van der Waals surface area (Å²) in [6.45, 7) is 3.49. The van der Waals surface area contributed by atoms with Gasteiger partial charge in [0.1, 0.15) is 6.29 Å².